The van der Waals surface area contributed by atoms with Crippen molar-refractivity contribution in [2.75, 3.05) is 12.8 Å². The van der Waals surface area contributed by atoms with Crippen molar-refractivity contribution in [3.05, 3.63) is 41.7 Å². The average Bonchev–Trinajstić information content (AvgIpc) is 2.38. The minimum atomic E-state index is -0.584. The maximum Gasteiger partial charge on any atom is 0.252 e. The summed E-state index contributed by atoms with van der Waals surface area (Å²) >= 11 is 0. The number of anilines is 1. The third kappa shape index (κ3) is 3.21. The van der Waals surface area contributed by atoms with Crippen LogP contribution in [0.1, 0.15) is 16.2 Å². The smallest absolute Gasteiger partial charge is 0.252 e. The Hall–Kier alpha value is -2.67. The van der Waals surface area contributed by atoms with Crippen LogP contribution in [0.15, 0.2) is 30.3 Å². The Labute approximate surface area is 115 Å². The molecule has 0 aliphatic rings. The van der Waals surface area contributed by atoms with E-state index in [0.717, 1.165) is 0 Å². The summed E-state index contributed by atoms with van der Waals surface area (Å²) in [5.41, 5.74) is 11.2. The molecule has 1 aromatic carbocycles. The van der Waals surface area contributed by atoms with Gasteiger partial charge in [-0.3, -0.25) is 4.79 Å². The molecule has 0 radical (unpaired) electrons. The fraction of sp³-hybridized carbons (Fsp3) is 0.154. The Morgan fingerprint density at radius 2 is 2.05 bits per heavy atom. The van der Waals surface area contributed by atoms with E-state index in [1.807, 2.05) is 0 Å². The molecule has 0 fully saturated rings. The number of nitrogens with two attached hydrogens (primary N) is 2. The molecule has 0 saturated carbocycles. The molecule has 4 N–H and O–H groups in total. The zero-order valence-corrected chi connectivity index (χ0v) is 10.9. The van der Waals surface area contributed by atoms with E-state index in [4.69, 9.17) is 20.9 Å². The zero-order valence-electron chi connectivity index (χ0n) is 10.9. The van der Waals surface area contributed by atoms with Gasteiger partial charge in [-0.1, -0.05) is 12.1 Å². The number of primary amides is 1. The standard InChI is InChI=1S/C13H14N4O3/c1-19-7-11-16-10(14)6-12(17-11)20-9-5-3-2-4-8(9)13(15)18/h2-6H,7H2,1H3,(H2,15,18)(H2,14,16,17). The molecule has 1 aromatic heterocycles. The van der Waals surface area contributed by atoms with Crippen molar-refractivity contribution in [1.82, 2.24) is 9.97 Å². The Morgan fingerprint density at radius 3 is 2.75 bits per heavy atom. The maximum atomic E-state index is 11.3. The molecule has 0 spiro atoms. The van der Waals surface area contributed by atoms with E-state index in [1.165, 1.54) is 13.2 Å². The van der Waals surface area contributed by atoms with Crippen LogP contribution in [0.4, 0.5) is 5.82 Å². The van der Waals surface area contributed by atoms with Crippen molar-refractivity contribution in [2.45, 2.75) is 6.61 Å². The molecule has 0 saturated heterocycles. The van der Waals surface area contributed by atoms with E-state index < -0.39 is 5.91 Å². The largest absolute Gasteiger partial charge is 0.438 e. The van der Waals surface area contributed by atoms with Gasteiger partial charge in [-0.15, -0.1) is 0 Å². The van der Waals surface area contributed by atoms with Crippen LogP contribution in [0, 0.1) is 0 Å². The second-order valence-electron chi connectivity index (χ2n) is 3.94. The first-order valence-corrected chi connectivity index (χ1v) is 5.79. The van der Waals surface area contributed by atoms with Gasteiger partial charge >= 0.3 is 0 Å². The predicted molar refractivity (Wildman–Crippen MR) is 72.2 cm³/mol. The van der Waals surface area contributed by atoms with Gasteiger partial charge in [0.1, 0.15) is 18.2 Å². The SMILES string of the molecule is COCc1nc(N)cc(Oc2ccccc2C(N)=O)n1. The van der Waals surface area contributed by atoms with Gasteiger partial charge < -0.3 is 20.9 Å². The first kappa shape index (κ1) is 13.8. The molecule has 2 rings (SSSR count). The number of hydrogen-bond donors (Lipinski definition) is 2. The van der Waals surface area contributed by atoms with Gasteiger partial charge in [0.2, 0.25) is 5.88 Å². The maximum absolute atomic E-state index is 11.3. The number of benzene rings is 1. The lowest BCUT2D eigenvalue weighted by Crippen LogP contribution is -2.12. The summed E-state index contributed by atoms with van der Waals surface area (Å²) < 4.78 is 10.5. The number of aromatic nitrogens is 2. The number of nitrogen functional groups attached to an aromatic ring is 1. The van der Waals surface area contributed by atoms with Crippen molar-refractivity contribution in [1.29, 1.82) is 0 Å². The average molecular weight is 274 g/mol. The molecule has 104 valence electrons. The highest BCUT2D eigenvalue weighted by Gasteiger charge is 2.11. The minimum absolute atomic E-state index is 0.207. The van der Waals surface area contributed by atoms with Crippen LogP contribution in [0.2, 0.25) is 0 Å². The summed E-state index contributed by atoms with van der Waals surface area (Å²) in [5.74, 6) is 0.581. The third-order valence-electron chi connectivity index (χ3n) is 2.41. The lowest BCUT2D eigenvalue weighted by atomic mass is 10.2. The normalized spacial score (nSPS) is 10.2. The number of ether oxygens (including phenoxy) is 2. The second-order valence-corrected chi connectivity index (χ2v) is 3.94. The van der Waals surface area contributed by atoms with Crippen molar-refractivity contribution in [3.63, 3.8) is 0 Å². The molecule has 0 unspecified atom stereocenters. The van der Waals surface area contributed by atoms with Crippen LogP contribution in [-0.2, 0) is 11.3 Å². The lowest BCUT2D eigenvalue weighted by Gasteiger charge is -2.09. The highest BCUT2D eigenvalue weighted by Crippen LogP contribution is 2.24. The van der Waals surface area contributed by atoms with E-state index in [-0.39, 0.29) is 23.9 Å². The molecular weight excluding hydrogens is 260 g/mol. The Bertz CT molecular complexity index is 631. The first-order valence-electron chi connectivity index (χ1n) is 5.79. The number of nitrogens with zero attached hydrogens (tertiary/aromatic N) is 2. The van der Waals surface area contributed by atoms with Gasteiger partial charge in [-0.2, -0.15) is 4.98 Å². The topological polar surface area (TPSA) is 113 Å². The van der Waals surface area contributed by atoms with Crippen molar-refractivity contribution >= 4 is 11.7 Å². The number of amides is 1. The van der Waals surface area contributed by atoms with Gasteiger partial charge in [-0.05, 0) is 12.1 Å². The van der Waals surface area contributed by atoms with E-state index in [2.05, 4.69) is 9.97 Å². The van der Waals surface area contributed by atoms with Crippen LogP contribution >= 0.6 is 0 Å². The van der Waals surface area contributed by atoms with Crippen LogP contribution < -0.4 is 16.2 Å². The second kappa shape index (κ2) is 5.98. The number of methoxy groups -OCH3 is 1. The van der Waals surface area contributed by atoms with Crippen LogP contribution in [0.3, 0.4) is 0 Å². The van der Waals surface area contributed by atoms with Crippen molar-refractivity contribution < 1.29 is 14.3 Å². The molecule has 0 aliphatic heterocycles. The summed E-state index contributed by atoms with van der Waals surface area (Å²) in [7, 11) is 1.52. The minimum Gasteiger partial charge on any atom is -0.438 e. The molecular formula is C13H14N4O3. The highest BCUT2D eigenvalue weighted by atomic mass is 16.5. The Kier molecular flexibility index (Phi) is 4.11. The van der Waals surface area contributed by atoms with E-state index in [9.17, 15) is 4.79 Å². The fourth-order valence-corrected chi connectivity index (χ4v) is 1.61. The zero-order chi connectivity index (χ0) is 14.5. The van der Waals surface area contributed by atoms with Gasteiger partial charge in [0.25, 0.3) is 5.91 Å². The quantitative estimate of drug-likeness (QED) is 0.843. The summed E-state index contributed by atoms with van der Waals surface area (Å²) in [6, 6.07) is 8.06. The lowest BCUT2D eigenvalue weighted by molar-refractivity contribution is 0.0998. The van der Waals surface area contributed by atoms with Crippen LogP contribution in [0.5, 0.6) is 11.6 Å². The van der Waals surface area contributed by atoms with Gasteiger partial charge in [0.05, 0.1) is 5.56 Å². The summed E-state index contributed by atoms with van der Waals surface area (Å²) in [4.78, 5) is 19.4. The molecule has 1 heterocycles. The van der Waals surface area contributed by atoms with Crippen LogP contribution in [0.25, 0.3) is 0 Å². The summed E-state index contributed by atoms with van der Waals surface area (Å²) in [5, 5.41) is 0. The first-order chi connectivity index (χ1) is 9.60. The molecule has 20 heavy (non-hydrogen) atoms. The van der Waals surface area contributed by atoms with Crippen LogP contribution in [-0.4, -0.2) is 23.0 Å². The summed E-state index contributed by atoms with van der Waals surface area (Å²) in [6.45, 7) is 0.207. The van der Waals surface area contributed by atoms with E-state index >= 15 is 0 Å². The predicted octanol–water partition coefficient (Wildman–Crippen LogP) is 1.10. The molecule has 0 atom stereocenters. The molecule has 1 amide bonds. The molecule has 7 heteroatoms. The molecule has 0 bridgehead atoms. The highest BCUT2D eigenvalue weighted by molar-refractivity contribution is 5.95. The number of hydrogen-bond acceptors (Lipinski definition) is 6. The van der Waals surface area contributed by atoms with Crippen molar-refractivity contribution in [3.8, 4) is 11.6 Å². The van der Waals surface area contributed by atoms with Gasteiger partial charge in [0, 0.05) is 13.2 Å². The Morgan fingerprint density at radius 1 is 1.30 bits per heavy atom. The number of rotatable bonds is 5. The van der Waals surface area contributed by atoms with Gasteiger partial charge in [0.15, 0.2) is 5.82 Å². The van der Waals surface area contributed by atoms with E-state index in [0.29, 0.717) is 11.6 Å². The van der Waals surface area contributed by atoms with Gasteiger partial charge in [-0.25, -0.2) is 4.98 Å². The number of carbonyl (C=O) groups excluding carboxylic acids is 1. The number of carbonyl (C=O) groups is 1. The monoisotopic (exact) mass is 274 g/mol. The third-order valence-corrected chi connectivity index (χ3v) is 2.41. The molecule has 2 aromatic rings. The van der Waals surface area contributed by atoms with E-state index in [1.54, 1.807) is 24.3 Å². The fourth-order valence-electron chi connectivity index (χ4n) is 1.61. The number of para-hydroxylation sites is 1. The summed E-state index contributed by atoms with van der Waals surface area (Å²) in [6.07, 6.45) is 0. The van der Waals surface area contributed by atoms with Crippen molar-refractivity contribution in [2.24, 2.45) is 5.73 Å². The molecule has 0 aliphatic carbocycles. The Balaban J connectivity index is 2.32. The molecule has 7 nitrogen and oxygen atoms in total.